The third-order valence-electron chi connectivity index (χ3n) is 4.62. The molecule has 0 aliphatic heterocycles. The van der Waals surface area contributed by atoms with Gasteiger partial charge in [-0.2, -0.15) is 5.10 Å². The van der Waals surface area contributed by atoms with Gasteiger partial charge in [0.1, 0.15) is 0 Å². The number of pyridine rings is 1. The Kier molecular flexibility index (Phi) is 2.49. The van der Waals surface area contributed by atoms with Crippen LogP contribution in [0.1, 0.15) is 59.4 Å². The molecule has 4 rings (SSSR count). The van der Waals surface area contributed by atoms with Gasteiger partial charge >= 0.3 is 5.97 Å². The van der Waals surface area contributed by atoms with Crippen LogP contribution < -0.4 is 0 Å². The van der Waals surface area contributed by atoms with E-state index in [9.17, 15) is 9.90 Å². The van der Waals surface area contributed by atoms with E-state index in [1.54, 1.807) is 4.68 Å². The van der Waals surface area contributed by atoms with Gasteiger partial charge in [-0.25, -0.2) is 14.5 Å². The fourth-order valence-corrected chi connectivity index (χ4v) is 3.33. The third kappa shape index (κ3) is 1.80. The van der Waals surface area contributed by atoms with E-state index in [0.717, 1.165) is 29.9 Å². The van der Waals surface area contributed by atoms with Gasteiger partial charge in [0.2, 0.25) is 0 Å². The van der Waals surface area contributed by atoms with Crippen molar-refractivity contribution in [2.45, 2.75) is 38.5 Å². The van der Waals surface area contributed by atoms with Crippen molar-refractivity contribution in [1.29, 1.82) is 0 Å². The Morgan fingerprint density at radius 3 is 2.86 bits per heavy atom. The predicted molar refractivity (Wildman–Crippen MR) is 77.0 cm³/mol. The lowest BCUT2D eigenvalue weighted by atomic mass is 10.1. The van der Waals surface area contributed by atoms with E-state index in [1.807, 2.05) is 18.3 Å². The maximum Gasteiger partial charge on any atom is 0.356 e. The molecule has 2 aromatic rings. The molecular formula is C16H17N3O2. The fourth-order valence-electron chi connectivity index (χ4n) is 3.33. The van der Waals surface area contributed by atoms with E-state index < -0.39 is 5.97 Å². The Morgan fingerprint density at radius 1 is 1.43 bits per heavy atom. The van der Waals surface area contributed by atoms with Crippen molar-refractivity contribution in [1.82, 2.24) is 14.8 Å². The fraction of sp³-hybridized carbons (Fsp3) is 0.438. The minimum absolute atomic E-state index is 0.201. The number of hydrogen-bond donors (Lipinski definition) is 1. The molecule has 2 aliphatic carbocycles. The van der Waals surface area contributed by atoms with E-state index in [4.69, 9.17) is 0 Å². The van der Waals surface area contributed by atoms with Crippen molar-refractivity contribution in [2.24, 2.45) is 5.92 Å². The average Bonchev–Trinajstić information content (AvgIpc) is 2.95. The summed E-state index contributed by atoms with van der Waals surface area (Å²) in [4.78, 5) is 15.9. The van der Waals surface area contributed by atoms with Gasteiger partial charge in [-0.1, -0.05) is 19.9 Å². The first-order valence-corrected chi connectivity index (χ1v) is 7.37. The zero-order valence-corrected chi connectivity index (χ0v) is 12.1. The number of carboxylic acid groups (broad SMARTS) is 1. The summed E-state index contributed by atoms with van der Waals surface area (Å²) in [6.07, 6.45) is 3.86. The molecule has 2 atom stereocenters. The molecule has 1 fully saturated rings. The normalized spacial score (nSPS) is 22.2. The van der Waals surface area contributed by atoms with Crippen LogP contribution in [-0.2, 0) is 6.42 Å². The van der Waals surface area contributed by atoms with Gasteiger partial charge in [-0.15, -0.1) is 0 Å². The van der Waals surface area contributed by atoms with E-state index >= 15 is 0 Å². The number of carbonyl (C=O) groups is 1. The van der Waals surface area contributed by atoms with Crippen LogP contribution in [-0.4, -0.2) is 25.8 Å². The number of fused-ring (bicyclic) bond motifs is 3. The molecule has 2 aromatic heterocycles. The molecule has 1 N–H and O–H groups in total. The van der Waals surface area contributed by atoms with Crippen molar-refractivity contribution in [2.75, 3.05) is 0 Å². The molecule has 1 saturated carbocycles. The van der Waals surface area contributed by atoms with E-state index in [1.165, 1.54) is 5.56 Å². The van der Waals surface area contributed by atoms with Crippen molar-refractivity contribution in [3.8, 4) is 5.82 Å². The van der Waals surface area contributed by atoms with E-state index in [0.29, 0.717) is 17.8 Å². The zero-order chi connectivity index (χ0) is 14.7. The summed E-state index contributed by atoms with van der Waals surface area (Å²) in [6.45, 7) is 4.25. The highest BCUT2D eigenvalue weighted by Gasteiger charge is 2.50. The lowest BCUT2D eigenvalue weighted by Crippen LogP contribution is -2.06. The third-order valence-corrected chi connectivity index (χ3v) is 4.62. The summed E-state index contributed by atoms with van der Waals surface area (Å²) < 4.78 is 1.75. The van der Waals surface area contributed by atoms with Crippen LogP contribution in [0.3, 0.4) is 0 Å². The van der Waals surface area contributed by atoms with Gasteiger partial charge in [-0.05, 0) is 36.3 Å². The minimum atomic E-state index is -0.940. The molecule has 0 amide bonds. The molecule has 0 bridgehead atoms. The number of nitrogens with zero attached hydrogens (tertiary/aromatic N) is 3. The van der Waals surface area contributed by atoms with Gasteiger partial charge in [0.05, 0.1) is 5.69 Å². The maximum atomic E-state index is 11.4. The highest BCUT2D eigenvalue weighted by molar-refractivity contribution is 5.88. The summed E-state index contributed by atoms with van der Waals surface area (Å²) in [6, 6.07) is 3.98. The molecule has 0 radical (unpaired) electrons. The molecule has 2 heterocycles. The molecule has 0 aromatic carbocycles. The van der Waals surface area contributed by atoms with Gasteiger partial charge in [0.25, 0.3) is 0 Å². The first-order valence-electron chi connectivity index (χ1n) is 7.37. The molecule has 0 saturated heterocycles. The molecule has 5 heteroatoms. The second-order valence-electron chi connectivity index (χ2n) is 6.34. The van der Waals surface area contributed by atoms with Gasteiger partial charge in [0.15, 0.2) is 11.5 Å². The molecule has 0 unspecified atom stereocenters. The highest BCUT2D eigenvalue weighted by Crippen LogP contribution is 2.57. The maximum absolute atomic E-state index is 11.4. The topological polar surface area (TPSA) is 68.0 Å². The van der Waals surface area contributed by atoms with Crippen LogP contribution >= 0.6 is 0 Å². The summed E-state index contributed by atoms with van der Waals surface area (Å²) >= 11 is 0. The average molecular weight is 283 g/mol. The first-order chi connectivity index (χ1) is 10.1. The van der Waals surface area contributed by atoms with Gasteiger partial charge in [0, 0.05) is 17.7 Å². The van der Waals surface area contributed by atoms with Crippen molar-refractivity contribution < 1.29 is 9.90 Å². The molecular weight excluding hydrogens is 266 g/mol. The van der Waals surface area contributed by atoms with E-state index in [-0.39, 0.29) is 5.69 Å². The second kappa shape index (κ2) is 4.16. The van der Waals surface area contributed by atoms with Crippen LogP contribution in [0.25, 0.3) is 5.82 Å². The van der Waals surface area contributed by atoms with Crippen LogP contribution in [0, 0.1) is 5.92 Å². The van der Waals surface area contributed by atoms with Crippen LogP contribution in [0.2, 0.25) is 0 Å². The number of aromatic carboxylic acids is 1. The SMILES string of the molecule is CC(C)c1ccc(-n2nc(C(=O)O)c3c2[C@@H]2C[C@@H]2C3)nc1. The number of aromatic nitrogens is 3. The largest absolute Gasteiger partial charge is 0.476 e. The monoisotopic (exact) mass is 283 g/mol. The van der Waals surface area contributed by atoms with Crippen molar-refractivity contribution >= 4 is 5.97 Å². The van der Waals surface area contributed by atoms with Crippen molar-refractivity contribution in [3.63, 3.8) is 0 Å². The van der Waals surface area contributed by atoms with Crippen LogP contribution in [0.4, 0.5) is 0 Å². The number of rotatable bonds is 3. The standard InChI is InChI=1S/C16H17N3O2/c1-8(2)9-3-4-13(17-7-9)19-15-11-5-10(11)6-12(15)14(18-19)16(20)21/h3-4,7-8,10-11H,5-6H2,1-2H3,(H,20,21)/t10-,11-/m1/s1. The molecule has 108 valence electrons. The predicted octanol–water partition coefficient (Wildman–Crippen LogP) is 2.75. The quantitative estimate of drug-likeness (QED) is 0.940. The molecule has 0 spiro atoms. The highest BCUT2D eigenvalue weighted by atomic mass is 16.4. The minimum Gasteiger partial charge on any atom is -0.476 e. The molecule has 5 nitrogen and oxygen atoms in total. The number of carboxylic acids is 1. The smallest absolute Gasteiger partial charge is 0.356 e. The molecule has 2 aliphatic rings. The summed E-state index contributed by atoms with van der Waals surface area (Å²) in [5.74, 6) is 1.31. The van der Waals surface area contributed by atoms with E-state index in [2.05, 4.69) is 23.9 Å². The lowest BCUT2D eigenvalue weighted by molar-refractivity contribution is 0.0688. The van der Waals surface area contributed by atoms with Crippen LogP contribution in [0.15, 0.2) is 18.3 Å². The number of hydrogen-bond acceptors (Lipinski definition) is 3. The first kappa shape index (κ1) is 12.6. The summed E-state index contributed by atoms with van der Waals surface area (Å²) in [5.41, 5.74) is 3.36. The Bertz CT molecular complexity index is 731. The second-order valence-corrected chi connectivity index (χ2v) is 6.34. The summed E-state index contributed by atoms with van der Waals surface area (Å²) in [7, 11) is 0. The Morgan fingerprint density at radius 2 is 2.24 bits per heavy atom. The lowest BCUT2D eigenvalue weighted by Gasteiger charge is -2.08. The Balaban J connectivity index is 1.82. The summed E-state index contributed by atoms with van der Waals surface area (Å²) in [5, 5.41) is 13.6. The van der Waals surface area contributed by atoms with Gasteiger partial charge in [-0.3, -0.25) is 0 Å². The molecule has 21 heavy (non-hydrogen) atoms. The Hall–Kier alpha value is -2.17. The van der Waals surface area contributed by atoms with Gasteiger partial charge < -0.3 is 5.11 Å². The zero-order valence-electron chi connectivity index (χ0n) is 12.1. The Labute approximate surface area is 122 Å². The van der Waals surface area contributed by atoms with Crippen LogP contribution in [0.5, 0.6) is 0 Å². The van der Waals surface area contributed by atoms with Crippen molar-refractivity contribution in [3.05, 3.63) is 40.8 Å².